The molecule has 0 aromatic heterocycles. The molecule has 2 fully saturated rings. The van der Waals surface area contributed by atoms with E-state index in [1.54, 1.807) is 0 Å². The van der Waals surface area contributed by atoms with Crippen LogP contribution in [0.15, 0.2) is 18.2 Å². The molecular formula is C19H30N2. The summed E-state index contributed by atoms with van der Waals surface area (Å²) < 4.78 is 0. The van der Waals surface area contributed by atoms with Crippen LogP contribution >= 0.6 is 0 Å². The minimum absolute atomic E-state index is 0.323. The molecule has 1 N–H and O–H groups in total. The van der Waals surface area contributed by atoms with Crippen molar-refractivity contribution in [2.24, 2.45) is 5.92 Å². The van der Waals surface area contributed by atoms with Gasteiger partial charge in [-0.1, -0.05) is 29.3 Å². The van der Waals surface area contributed by atoms with E-state index in [2.05, 4.69) is 56.1 Å². The monoisotopic (exact) mass is 286 g/mol. The van der Waals surface area contributed by atoms with Gasteiger partial charge in [-0.25, -0.2) is 0 Å². The number of hydrogen-bond acceptors (Lipinski definition) is 2. The van der Waals surface area contributed by atoms with Gasteiger partial charge in [-0.15, -0.1) is 0 Å². The molecule has 0 bridgehead atoms. The molecule has 2 atom stereocenters. The average Bonchev–Trinajstić information content (AvgIpc) is 3.20. The molecule has 2 aliphatic rings. The van der Waals surface area contributed by atoms with Crippen molar-refractivity contribution in [1.29, 1.82) is 0 Å². The van der Waals surface area contributed by atoms with Gasteiger partial charge in [-0.05, 0) is 65.0 Å². The van der Waals surface area contributed by atoms with Gasteiger partial charge < -0.3 is 5.32 Å². The van der Waals surface area contributed by atoms with Crippen LogP contribution < -0.4 is 5.32 Å². The van der Waals surface area contributed by atoms with Crippen molar-refractivity contribution >= 4 is 0 Å². The molecule has 21 heavy (non-hydrogen) atoms. The van der Waals surface area contributed by atoms with Crippen LogP contribution in [0.2, 0.25) is 0 Å². The molecule has 1 saturated heterocycles. The molecule has 2 unspecified atom stereocenters. The van der Waals surface area contributed by atoms with Crippen molar-refractivity contribution in [3.05, 3.63) is 34.9 Å². The molecule has 1 heterocycles. The van der Waals surface area contributed by atoms with Gasteiger partial charge >= 0.3 is 0 Å². The summed E-state index contributed by atoms with van der Waals surface area (Å²) in [5.41, 5.74) is 4.56. The first-order valence-corrected chi connectivity index (χ1v) is 8.52. The van der Waals surface area contributed by atoms with E-state index in [0.29, 0.717) is 11.6 Å². The molecule has 1 saturated carbocycles. The normalized spacial score (nSPS) is 31.1. The highest BCUT2D eigenvalue weighted by atomic mass is 15.2. The van der Waals surface area contributed by atoms with Crippen LogP contribution in [0.5, 0.6) is 0 Å². The molecule has 0 radical (unpaired) electrons. The number of benzene rings is 1. The molecule has 1 aliphatic carbocycles. The molecule has 1 aromatic rings. The summed E-state index contributed by atoms with van der Waals surface area (Å²) in [6, 6.07) is 7.64. The number of nitrogens with zero attached hydrogens (tertiary/aromatic N) is 1. The van der Waals surface area contributed by atoms with Crippen LogP contribution in [-0.4, -0.2) is 29.6 Å². The first-order chi connectivity index (χ1) is 9.96. The van der Waals surface area contributed by atoms with Gasteiger partial charge in [0, 0.05) is 24.7 Å². The van der Waals surface area contributed by atoms with E-state index < -0.39 is 0 Å². The van der Waals surface area contributed by atoms with Crippen LogP contribution in [0.4, 0.5) is 0 Å². The lowest BCUT2D eigenvalue weighted by Crippen LogP contribution is -2.51. The minimum Gasteiger partial charge on any atom is -0.310 e. The fraction of sp³-hybridized carbons (Fsp3) is 0.684. The summed E-state index contributed by atoms with van der Waals surface area (Å²) in [5, 5.41) is 3.85. The maximum Gasteiger partial charge on any atom is 0.0308 e. The van der Waals surface area contributed by atoms with Gasteiger partial charge in [0.1, 0.15) is 0 Å². The fourth-order valence-corrected chi connectivity index (χ4v) is 3.98. The van der Waals surface area contributed by atoms with Crippen molar-refractivity contribution in [2.75, 3.05) is 13.1 Å². The van der Waals surface area contributed by atoms with Crippen LogP contribution in [-0.2, 0) is 6.54 Å². The second-order valence-electron chi connectivity index (χ2n) is 7.66. The summed E-state index contributed by atoms with van der Waals surface area (Å²) in [7, 11) is 0. The van der Waals surface area contributed by atoms with Gasteiger partial charge in [0.2, 0.25) is 0 Å². The number of nitrogens with one attached hydrogen (secondary N) is 1. The van der Waals surface area contributed by atoms with E-state index in [4.69, 9.17) is 0 Å². The lowest BCUT2D eigenvalue weighted by atomic mass is 9.95. The van der Waals surface area contributed by atoms with E-state index >= 15 is 0 Å². The molecule has 3 rings (SSSR count). The highest BCUT2D eigenvalue weighted by molar-refractivity contribution is 5.28. The van der Waals surface area contributed by atoms with Crippen molar-refractivity contribution in [3.8, 4) is 0 Å². The van der Waals surface area contributed by atoms with Gasteiger partial charge in [0.15, 0.2) is 0 Å². The van der Waals surface area contributed by atoms with Crippen LogP contribution in [0.3, 0.4) is 0 Å². The zero-order valence-electron chi connectivity index (χ0n) is 14.1. The van der Waals surface area contributed by atoms with Crippen molar-refractivity contribution in [2.45, 2.75) is 65.1 Å². The van der Waals surface area contributed by atoms with Crippen molar-refractivity contribution in [3.63, 3.8) is 0 Å². The summed E-state index contributed by atoms with van der Waals surface area (Å²) in [6.45, 7) is 12.7. The second-order valence-corrected chi connectivity index (χ2v) is 7.66. The topological polar surface area (TPSA) is 15.3 Å². The van der Waals surface area contributed by atoms with Crippen LogP contribution in [0.1, 0.15) is 49.8 Å². The predicted molar refractivity (Wildman–Crippen MR) is 89.5 cm³/mol. The third-order valence-electron chi connectivity index (χ3n) is 5.39. The average molecular weight is 286 g/mol. The van der Waals surface area contributed by atoms with Crippen molar-refractivity contribution < 1.29 is 0 Å². The molecule has 1 aliphatic heterocycles. The van der Waals surface area contributed by atoms with Gasteiger partial charge in [-0.2, -0.15) is 0 Å². The van der Waals surface area contributed by atoms with E-state index in [1.807, 2.05) is 0 Å². The molecule has 116 valence electrons. The maximum absolute atomic E-state index is 3.85. The fourth-order valence-electron chi connectivity index (χ4n) is 3.98. The smallest absolute Gasteiger partial charge is 0.0308 e. The molecule has 0 spiro atoms. The summed E-state index contributed by atoms with van der Waals surface area (Å²) in [5.74, 6) is 0.893. The SMILES string of the molecule is Cc1cc(C)cc(CN2CC(C)(C3CC3)NCCC2C)c1. The first kappa shape index (κ1) is 15.1. The standard InChI is InChI=1S/C19H30N2/c1-14-9-15(2)11-17(10-14)12-21-13-19(4,18-5-6-18)20-8-7-16(21)3/h9-11,16,18,20H,5-8,12-13H2,1-4H3. The maximum atomic E-state index is 3.85. The van der Waals surface area contributed by atoms with Gasteiger partial charge in [0.05, 0.1) is 0 Å². The third kappa shape index (κ3) is 3.49. The van der Waals surface area contributed by atoms with E-state index in [0.717, 1.165) is 19.0 Å². The molecule has 0 amide bonds. The van der Waals surface area contributed by atoms with Crippen LogP contribution in [0.25, 0.3) is 0 Å². The van der Waals surface area contributed by atoms with Crippen molar-refractivity contribution in [1.82, 2.24) is 10.2 Å². The Hall–Kier alpha value is -0.860. The van der Waals surface area contributed by atoms with E-state index in [1.165, 1.54) is 42.5 Å². The van der Waals surface area contributed by atoms with Crippen LogP contribution in [0, 0.1) is 19.8 Å². The zero-order valence-corrected chi connectivity index (χ0v) is 14.1. The molecule has 2 nitrogen and oxygen atoms in total. The highest BCUT2D eigenvalue weighted by Gasteiger charge is 2.43. The number of aryl methyl sites for hydroxylation is 2. The minimum atomic E-state index is 0.323. The second kappa shape index (κ2) is 5.73. The highest BCUT2D eigenvalue weighted by Crippen LogP contribution is 2.41. The number of rotatable bonds is 3. The Morgan fingerprint density at radius 1 is 1.14 bits per heavy atom. The summed E-state index contributed by atoms with van der Waals surface area (Å²) in [4.78, 5) is 2.70. The Balaban J connectivity index is 1.77. The van der Waals surface area contributed by atoms with E-state index in [9.17, 15) is 0 Å². The molecule has 2 heteroatoms. The third-order valence-corrected chi connectivity index (χ3v) is 5.39. The molecule has 1 aromatic carbocycles. The Bertz CT molecular complexity index is 486. The quantitative estimate of drug-likeness (QED) is 0.912. The largest absolute Gasteiger partial charge is 0.310 e. The lowest BCUT2D eigenvalue weighted by Gasteiger charge is -2.36. The zero-order chi connectivity index (χ0) is 15.0. The Morgan fingerprint density at radius 3 is 2.43 bits per heavy atom. The van der Waals surface area contributed by atoms with Gasteiger partial charge in [0.25, 0.3) is 0 Å². The lowest BCUT2D eigenvalue weighted by molar-refractivity contribution is 0.155. The number of hydrogen-bond donors (Lipinski definition) is 1. The predicted octanol–water partition coefficient (Wildman–Crippen LogP) is 3.66. The Kier molecular flexibility index (Phi) is 4.11. The molecular weight excluding hydrogens is 256 g/mol. The summed E-state index contributed by atoms with van der Waals surface area (Å²) >= 11 is 0. The van der Waals surface area contributed by atoms with E-state index in [-0.39, 0.29) is 0 Å². The summed E-state index contributed by atoms with van der Waals surface area (Å²) in [6.07, 6.45) is 4.08. The first-order valence-electron chi connectivity index (χ1n) is 8.52. The Labute approximate surface area is 129 Å². The Morgan fingerprint density at radius 2 is 1.81 bits per heavy atom. The van der Waals surface area contributed by atoms with Gasteiger partial charge in [-0.3, -0.25) is 4.90 Å².